The maximum atomic E-state index is 13.3. The number of nitrogens with zero attached hydrogens (tertiary/aromatic N) is 4. The second-order valence-electron chi connectivity index (χ2n) is 7.87. The Morgan fingerprint density at radius 3 is 2.35 bits per heavy atom. The van der Waals surface area contributed by atoms with Gasteiger partial charge in [0.05, 0.1) is 30.1 Å². The van der Waals surface area contributed by atoms with Crippen LogP contribution in [0, 0.1) is 13.8 Å². The molecule has 6 heteroatoms. The van der Waals surface area contributed by atoms with Crippen LogP contribution in [0.3, 0.4) is 0 Å². The molecule has 1 aliphatic heterocycles. The van der Waals surface area contributed by atoms with Gasteiger partial charge in [-0.25, -0.2) is 0 Å². The molecule has 1 aromatic heterocycles. The van der Waals surface area contributed by atoms with Gasteiger partial charge in [-0.2, -0.15) is 5.10 Å². The third kappa shape index (κ3) is 4.43. The Bertz CT molecular complexity index is 1040. The molecule has 3 aromatic rings. The Morgan fingerprint density at radius 2 is 1.65 bits per heavy atom. The number of aromatic nitrogens is 2. The van der Waals surface area contributed by atoms with Gasteiger partial charge in [-0.15, -0.1) is 0 Å². The van der Waals surface area contributed by atoms with Crippen LogP contribution in [0.25, 0.3) is 0 Å². The molecule has 1 amide bonds. The summed E-state index contributed by atoms with van der Waals surface area (Å²) in [5, 5.41) is 4.66. The molecule has 0 atom stereocenters. The average molecular weight is 419 g/mol. The molecule has 2 aromatic carbocycles. The zero-order chi connectivity index (χ0) is 21.8. The van der Waals surface area contributed by atoms with Crippen molar-refractivity contribution < 1.29 is 9.53 Å². The van der Waals surface area contributed by atoms with Gasteiger partial charge in [0.1, 0.15) is 5.75 Å². The van der Waals surface area contributed by atoms with E-state index in [1.165, 1.54) is 5.56 Å². The first-order valence-electron chi connectivity index (χ1n) is 10.9. The fraction of sp³-hybridized carbons (Fsp3) is 0.360. The summed E-state index contributed by atoms with van der Waals surface area (Å²) in [6.45, 7) is 10.2. The zero-order valence-electron chi connectivity index (χ0n) is 18.5. The number of carbonyl (C=O) groups is 1. The molecule has 0 unspecified atom stereocenters. The maximum Gasteiger partial charge on any atom is 0.257 e. The van der Waals surface area contributed by atoms with Crippen molar-refractivity contribution in [2.75, 3.05) is 37.7 Å². The van der Waals surface area contributed by atoms with Gasteiger partial charge in [-0.3, -0.25) is 9.48 Å². The second kappa shape index (κ2) is 9.25. The zero-order valence-corrected chi connectivity index (χ0v) is 18.5. The van der Waals surface area contributed by atoms with Crippen LogP contribution >= 0.6 is 0 Å². The Kier molecular flexibility index (Phi) is 6.26. The van der Waals surface area contributed by atoms with E-state index in [1.807, 2.05) is 66.8 Å². The molecule has 0 bridgehead atoms. The van der Waals surface area contributed by atoms with E-state index in [4.69, 9.17) is 4.74 Å². The van der Waals surface area contributed by atoms with Crippen molar-refractivity contribution in [1.82, 2.24) is 14.7 Å². The minimum Gasteiger partial charge on any atom is -0.492 e. The van der Waals surface area contributed by atoms with Crippen molar-refractivity contribution in [2.45, 2.75) is 27.3 Å². The number of benzene rings is 2. The summed E-state index contributed by atoms with van der Waals surface area (Å²) in [5.74, 6) is 0.978. The molecule has 31 heavy (non-hydrogen) atoms. The number of rotatable bonds is 6. The number of hydrogen-bond donors (Lipinski definition) is 0. The first-order chi connectivity index (χ1) is 15.1. The van der Waals surface area contributed by atoms with Crippen LogP contribution in [-0.2, 0) is 6.54 Å². The topological polar surface area (TPSA) is 50.6 Å². The number of aryl methyl sites for hydroxylation is 1. The van der Waals surface area contributed by atoms with Crippen molar-refractivity contribution >= 4 is 11.6 Å². The van der Waals surface area contributed by atoms with Crippen molar-refractivity contribution in [2.24, 2.45) is 0 Å². The number of ether oxygens (including phenoxy) is 1. The summed E-state index contributed by atoms with van der Waals surface area (Å²) in [6, 6.07) is 18.3. The molecule has 4 rings (SSSR count). The molecular weight excluding hydrogens is 388 g/mol. The largest absolute Gasteiger partial charge is 0.492 e. The van der Waals surface area contributed by atoms with Gasteiger partial charge < -0.3 is 14.5 Å². The van der Waals surface area contributed by atoms with E-state index in [0.717, 1.165) is 41.5 Å². The fourth-order valence-electron chi connectivity index (χ4n) is 4.22. The minimum absolute atomic E-state index is 0.0760. The predicted octanol–water partition coefficient (Wildman–Crippen LogP) is 3.91. The van der Waals surface area contributed by atoms with Crippen LogP contribution in [0.5, 0.6) is 5.75 Å². The summed E-state index contributed by atoms with van der Waals surface area (Å²) in [4.78, 5) is 17.6. The fourth-order valence-corrected chi connectivity index (χ4v) is 4.22. The number of hydrogen-bond acceptors (Lipinski definition) is 4. The van der Waals surface area contributed by atoms with Crippen LogP contribution in [0.1, 0.15) is 34.2 Å². The van der Waals surface area contributed by atoms with Crippen LogP contribution < -0.4 is 9.64 Å². The van der Waals surface area contributed by atoms with E-state index in [0.29, 0.717) is 26.2 Å². The third-order valence-corrected chi connectivity index (χ3v) is 5.84. The number of piperazine rings is 1. The SMILES string of the molecule is CCOc1ccccc1N1CCN(C(=O)c2c(C)nn(Cc3ccccc3)c2C)CC1. The molecular formula is C25H30N4O2. The van der Waals surface area contributed by atoms with Crippen molar-refractivity contribution in [3.8, 4) is 5.75 Å². The van der Waals surface area contributed by atoms with Gasteiger partial charge in [0.2, 0.25) is 0 Å². The molecule has 1 saturated heterocycles. The summed E-state index contributed by atoms with van der Waals surface area (Å²) < 4.78 is 7.72. The maximum absolute atomic E-state index is 13.3. The molecule has 0 N–H and O–H groups in total. The van der Waals surface area contributed by atoms with Gasteiger partial charge in [-0.05, 0) is 38.5 Å². The average Bonchev–Trinajstić information content (AvgIpc) is 3.07. The lowest BCUT2D eigenvalue weighted by molar-refractivity contribution is 0.0745. The van der Waals surface area contributed by atoms with Crippen LogP contribution in [0.4, 0.5) is 5.69 Å². The van der Waals surface area contributed by atoms with E-state index in [1.54, 1.807) is 0 Å². The van der Waals surface area contributed by atoms with Crippen molar-refractivity contribution in [1.29, 1.82) is 0 Å². The summed E-state index contributed by atoms with van der Waals surface area (Å²) >= 11 is 0. The van der Waals surface area contributed by atoms with Crippen LogP contribution in [0.2, 0.25) is 0 Å². The van der Waals surface area contributed by atoms with E-state index in [-0.39, 0.29) is 5.91 Å². The summed E-state index contributed by atoms with van der Waals surface area (Å²) in [7, 11) is 0. The molecule has 1 fully saturated rings. The van der Waals surface area contributed by atoms with Gasteiger partial charge in [0.25, 0.3) is 5.91 Å². The smallest absolute Gasteiger partial charge is 0.257 e. The van der Waals surface area contributed by atoms with Gasteiger partial charge in [0.15, 0.2) is 0 Å². The number of carbonyl (C=O) groups excluding carboxylic acids is 1. The molecule has 0 radical (unpaired) electrons. The monoisotopic (exact) mass is 418 g/mol. The molecule has 6 nitrogen and oxygen atoms in total. The van der Waals surface area contributed by atoms with Crippen molar-refractivity contribution in [3.05, 3.63) is 77.1 Å². The van der Waals surface area contributed by atoms with E-state index >= 15 is 0 Å². The Labute approximate surface area is 184 Å². The van der Waals surface area contributed by atoms with Gasteiger partial charge in [-0.1, -0.05) is 42.5 Å². The minimum atomic E-state index is 0.0760. The predicted molar refractivity (Wildman–Crippen MR) is 123 cm³/mol. The molecule has 0 saturated carbocycles. The summed E-state index contributed by atoms with van der Waals surface area (Å²) in [6.07, 6.45) is 0. The lowest BCUT2D eigenvalue weighted by Crippen LogP contribution is -2.49. The Morgan fingerprint density at radius 1 is 0.968 bits per heavy atom. The number of para-hydroxylation sites is 2. The molecule has 1 aliphatic rings. The third-order valence-electron chi connectivity index (χ3n) is 5.84. The Balaban J connectivity index is 1.46. The summed E-state index contributed by atoms with van der Waals surface area (Å²) in [5.41, 5.74) is 4.73. The highest BCUT2D eigenvalue weighted by Crippen LogP contribution is 2.29. The van der Waals surface area contributed by atoms with Gasteiger partial charge >= 0.3 is 0 Å². The highest BCUT2D eigenvalue weighted by atomic mass is 16.5. The second-order valence-corrected chi connectivity index (χ2v) is 7.87. The molecule has 2 heterocycles. The number of anilines is 1. The molecule has 0 spiro atoms. The normalized spacial score (nSPS) is 14.0. The lowest BCUT2D eigenvalue weighted by atomic mass is 10.1. The lowest BCUT2D eigenvalue weighted by Gasteiger charge is -2.36. The standard InChI is InChI=1S/C25H30N4O2/c1-4-31-23-13-9-8-12-22(23)27-14-16-28(17-15-27)25(30)24-19(2)26-29(20(24)3)18-21-10-6-5-7-11-21/h5-13H,4,14-18H2,1-3H3. The number of amides is 1. The first-order valence-corrected chi connectivity index (χ1v) is 10.9. The highest BCUT2D eigenvalue weighted by Gasteiger charge is 2.27. The van der Waals surface area contributed by atoms with E-state index in [2.05, 4.69) is 28.2 Å². The van der Waals surface area contributed by atoms with E-state index < -0.39 is 0 Å². The Hall–Kier alpha value is -3.28. The molecule has 162 valence electrons. The quantitative estimate of drug-likeness (QED) is 0.609. The molecule has 0 aliphatic carbocycles. The first kappa shape index (κ1) is 21.0. The van der Waals surface area contributed by atoms with Gasteiger partial charge in [0, 0.05) is 31.9 Å². The van der Waals surface area contributed by atoms with Crippen LogP contribution in [0.15, 0.2) is 54.6 Å². The van der Waals surface area contributed by atoms with Crippen LogP contribution in [-0.4, -0.2) is 53.4 Å². The van der Waals surface area contributed by atoms with E-state index in [9.17, 15) is 4.79 Å². The highest BCUT2D eigenvalue weighted by molar-refractivity contribution is 5.96. The van der Waals surface area contributed by atoms with Crippen molar-refractivity contribution in [3.63, 3.8) is 0 Å².